The maximum atomic E-state index is 8.00. The van der Waals surface area contributed by atoms with Crippen LogP contribution in [0.1, 0.15) is 0 Å². The molecule has 8 heteroatoms. The third-order valence-corrected chi connectivity index (χ3v) is 0. The van der Waals surface area contributed by atoms with E-state index < -0.39 is 0 Å². The summed E-state index contributed by atoms with van der Waals surface area (Å²) in [5.74, 6) is 0. The van der Waals surface area contributed by atoms with Crippen LogP contribution in [0.5, 0.6) is 0 Å². The normalized spacial score (nSPS) is 3.00. The Morgan fingerprint density at radius 3 is 1.00 bits per heavy atom. The molecule has 0 spiro atoms. The fraction of sp³-hybridized carbons (Fsp3) is 0. The fourth-order valence-electron chi connectivity index (χ4n) is 0. The van der Waals surface area contributed by atoms with E-state index in [0.29, 0.717) is 0 Å². The third kappa shape index (κ3) is 1350. The molecule has 0 heterocycles. The zero-order chi connectivity index (χ0) is 5.41. The smallest absolute Gasteiger partial charge is 0.444 e. The van der Waals surface area contributed by atoms with Crippen LogP contribution in [0.15, 0.2) is 10.7 Å². The molecule has 0 saturated carbocycles. The Balaban J connectivity index is -0.0000000160. The summed E-state index contributed by atoms with van der Waals surface area (Å²) in [6.07, 6.45) is 0. The van der Waals surface area contributed by atoms with Crippen LogP contribution in [0.25, 0.3) is 0 Å². The molecule has 0 aliphatic heterocycles. The van der Waals surface area contributed by atoms with E-state index >= 15 is 0 Å². The first kappa shape index (κ1) is 25.3. The van der Waals surface area contributed by atoms with E-state index in [0.717, 1.165) is 10.7 Å². The van der Waals surface area contributed by atoms with E-state index in [1.54, 1.807) is 0 Å². The number of rotatable bonds is 0. The van der Waals surface area contributed by atoms with Crippen molar-refractivity contribution in [3.63, 3.8) is 0 Å². The van der Waals surface area contributed by atoms with E-state index in [9.17, 15) is 0 Å². The summed E-state index contributed by atoms with van der Waals surface area (Å²) in [7, 11) is 0. The Labute approximate surface area is 64.4 Å². The van der Waals surface area contributed by atoms with Crippen LogP contribution in [-0.4, -0.2) is 5.48 Å². The van der Waals surface area contributed by atoms with Crippen molar-refractivity contribution in [2.45, 2.75) is 0 Å². The molecule has 0 rings (SSSR count). The molecule has 0 unspecified atom stereocenters. The second-order valence-electron chi connectivity index (χ2n) is 0.149. The van der Waals surface area contributed by atoms with Gasteiger partial charge in [-0.25, -0.2) is 0 Å². The molecule has 0 atom stereocenters. The van der Waals surface area contributed by atoms with E-state index in [1.165, 1.54) is 0 Å². The average molecular weight is 311 g/mol. The van der Waals surface area contributed by atoms with Crippen molar-refractivity contribution in [1.82, 2.24) is 0 Å². The second kappa shape index (κ2) is 75.6. The van der Waals surface area contributed by atoms with Crippen molar-refractivity contribution >= 4 is 0 Å². The molecular formula is H2HgN2O5. The van der Waals surface area contributed by atoms with Gasteiger partial charge in [0.2, 0.25) is 0 Å². The van der Waals surface area contributed by atoms with E-state index in [2.05, 4.69) is 0 Å². The maximum absolute atomic E-state index is 8.00. The maximum Gasteiger partial charge on any atom is 2.00 e. The van der Waals surface area contributed by atoms with Gasteiger partial charge in [-0.05, 0) is 0 Å². The van der Waals surface area contributed by atoms with Crippen molar-refractivity contribution in [2.75, 3.05) is 0 Å². The standard InChI is InChI=1S/Hg.2HNO2.H2O/c;2*2-1-3;/h;2*(H,2,3);1H2/q+2;;;/p-2. The van der Waals surface area contributed by atoms with Crippen molar-refractivity contribution in [3.05, 3.63) is 20.2 Å². The zero-order valence-electron chi connectivity index (χ0n) is 3.73. The largest absolute Gasteiger partial charge is 2.00 e. The van der Waals surface area contributed by atoms with Gasteiger partial charge >= 0.3 is 27.7 Å². The molecule has 0 aromatic carbocycles. The number of hydrogen-bond acceptors (Lipinski definition) is 6. The molecule has 0 fully saturated rings. The van der Waals surface area contributed by atoms with Crippen LogP contribution in [0.2, 0.25) is 0 Å². The van der Waals surface area contributed by atoms with Gasteiger partial charge in [-0.3, -0.25) is 0 Å². The molecule has 7 nitrogen and oxygen atoms in total. The summed E-state index contributed by atoms with van der Waals surface area (Å²) < 4.78 is 0. The molecule has 0 amide bonds. The second-order valence-corrected chi connectivity index (χ2v) is 0.149. The van der Waals surface area contributed by atoms with E-state index in [-0.39, 0.29) is 33.1 Å². The Morgan fingerprint density at radius 1 is 1.00 bits per heavy atom. The Bertz CT molecular complexity index is 31.4. The molecule has 2 N–H and O–H groups in total. The number of nitrogens with zero attached hydrogens (tertiary/aromatic N) is 2. The van der Waals surface area contributed by atoms with Crippen LogP contribution >= 0.6 is 0 Å². The van der Waals surface area contributed by atoms with Gasteiger partial charge in [0.25, 0.3) is 0 Å². The SMILES string of the molecule is O.O=N[O-].O=N[O-].[Hg+2]. The summed E-state index contributed by atoms with van der Waals surface area (Å²) in [6.45, 7) is 0. The third-order valence-electron chi connectivity index (χ3n) is 0. The van der Waals surface area contributed by atoms with Gasteiger partial charge in [0, 0.05) is 0 Å². The average Bonchev–Trinajstić information content (AvgIpc) is 1.39. The van der Waals surface area contributed by atoms with Crippen molar-refractivity contribution in [3.8, 4) is 0 Å². The van der Waals surface area contributed by atoms with Crippen LogP contribution in [-0.2, 0) is 27.7 Å². The predicted octanol–water partition coefficient (Wildman–Crippen LogP) is -0.326. The molecule has 8 heavy (non-hydrogen) atoms. The molecular weight excluding hydrogens is 309 g/mol. The minimum Gasteiger partial charge on any atom is -0.444 e. The molecule has 44 valence electrons. The van der Waals surface area contributed by atoms with Crippen LogP contribution in [0.3, 0.4) is 0 Å². The minimum absolute atomic E-state index is 0. The quantitative estimate of drug-likeness (QED) is 0.343. The fourth-order valence-corrected chi connectivity index (χ4v) is 0. The summed E-state index contributed by atoms with van der Waals surface area (Å²) in [5, 5.41) is 18.0. The Morgan fingerprint density at radius 2 is 1.00 bits per heavy atom. The molecule has 0 bridgehead atoms. The summed E-state index contributed by atoms with van der Waals surface area (Å²) in [5.41, 5.74) is 0. The van der Waals surface area contributed by atoms with E-state index in [1.807, 2.05) is 0 Å². The van der Waals surface area contributed by atoms with Crippen LogP contribution < -0.4 is 0 Å². The molecule has 0 radical (unpaired) electrons. The summed E-state index contributed by atoms with van der Waals surface area (Å²) >= 11 is 0. The van der Waals surface area contributed by atoms with Gasteiger partial charge in [-0.1, -0.05) is 0 Å². The molecule has 0 aliphatic rings. The molecule has 0 saturated heterocycles. The van der Waals surface area contributed by atoms with E-state index in [4.69, 9.17) is 20.2 Å². The Kier molecular flexibility index (Phi) is 239. The predicted molar refractivity (Wildman–Crippen MR) is 21.9 cm³/mol. The van der Waals surface area contributed by atoms with Gasteiger partial charge in [0.1, 0.15) is 0 Å². The minimum atomic E-state index is 0. The molecule has 0 aromatic heterocycles. The van der Waals surface area contributed by atoms with Gasteiger partial charge in [-0.15, -0.1) is 10.7 Å². The van der Waals surface area contributed by atoms with Gasteiger partial charge in [0.05, 0.1) is 0 Å². The zero-order valence-corrected chi connectivity index (χ0v) is 9.23. The van der Waals surface area contributed by atoms with Crippen LogP contribution in [0.4, 0.5) is 0 Å². The van der Waals surface area contributed by atoms with Crippen molar-refractivity contribution in [1.29, 1.82) is 0 Å². The topological polar surface area (TPSA) is 136 Å². The molecule has 0 aromatic rings. The first-order chi connectivity index (χ1) is 2.83. The first-order valence-electron chi connectivity index (χ1n) is 0.730. The Hall–Kier alpha value is -0.305. The monoisotopic (exact) mass is 312 g/mol. The molecule has 0 aliphatic carbocycles. The first-order valence-corrected chi connectivity index (χ1v) is 0.730. The van der Waals surface area contributed by atoms with Crippen molar-refractivity contribution < 1.29 is 33.1 Å². The van der Waals surface area contributed by atoms with Crippen molar-refractivity contribution in [2.24, 2.45) is 10.7 Å². The van der Waals surface area contributed by atoms with Crippen LogP contribution in [0, 0.1) is 20.2 Å². The summed E-state index contributed by atoms with van der Waals surface area (Å²) in [4.78, 5) is 16.0. The summed E-state index contributed by atoms with van der Waals surface area (Å²) in [6, 6.07) is 0. The number of hydrogen-bond donors (Lipinski definition) is 0. The van der Waals surface area contributed by atoms with Gasteiger partial charge < -0.3 is 25.7 Å². The van der Waals surface area contributed by atoms with Gasteiger partial charge in [0.15, 0.2) is 0 Å². The van der Waals surface area contributed by atoms with Gasteiger partial charge in [-0.2, -0.15) is 0 Å².